The Bertz CT molecular complexity index is 782. The summed E-state index contributed by atoms with van der Waals surface area (Å²) in [4.78, 5) is 23.5. The third-order valence-corrected chi connectivity index (χ3v) is 3.53. The summed E-state index contributed by atoms with van der Waals surface area (Å²) >= 11 is 0. The molecule has 0 radical (unpaired) electrons. The summed E-state index contributed by atoms with van der Waals surface area (Å²) in [5.41, 5.74) is 0.630. The third kappa shape index (κ3) is 5.25. The summed E-state index contributed by atoms with van der Waals surface area (Å²) in [6.45, 7) is 0.537. The van der Waals surface area contributed by atoms with Crippen LogP contribution in [0.4, 0.5) is 15.8 Å². The Morgan fingerprint density at radius 3 is 2.72 bits per heavy atom. The highest BCUT2D eigenvalue weighted by atomic mass is 19.1. The number of anilines is 1. The Labute approximate surface area is 144 Å². The van der Waals surface area contributed by atoms with E-state index in [0.717, 1.165) is 10.5 Å². The summed E-state index contributed by atoms with van der Waals surface area (Å²) < 4.78 is 18.1. The standard InChI is InChI=1S/C17H18FN3O4/c1-20(10-12-4-3-5-13(18)8-12)11-17(22)19-15-7-6-14(25-2)9-16(15)21(23)24/h3-9H,10-11H2,1-2H3,(H,19,22)/p+1. The van der Waals surface area contributed by atoms with Crippen LogP contribution in [-0.4, -0.2) is 31.5 Å². The molecule has 0 aromatic heterocycles. The van der Waals surface area contributed by atoms with Crippen LogP contribution in [0.3, 0.4) is 0 Å². The number of halogens is 1. The van der Waals surface area contributed by atoms with E-state index in [1.54, 1.807) is 19.2 Å². The Balaban J connectivity index is 2.01. The van der Waals surface area contributed by atoms with Crippen LogP contribution in [0.5, 0.6) is 5.75 Å². The van der Waals surface area contributed by atoms with Crippen molar-refractivity contribution in [1.29, 1.82) is 0 Å². The van der Waals surface area contributed by atoms with Gasteiger partial charge >= 0.3 is 0 Å². The summed E-state index contributed by atoms with van der Waals surface area (Å²) in [6, 6.07) is 10.4. The molecule has 2 aromatic rings. The molecule has 0 saturated carbocycles. The van der Waals surface area contributed by atoms with E-state index in [1.807, 2.05) is 0 Å². The average Bonchev–Trinajstić information content (AvgIpc) is 2.54. The van der Waals surface area contributed by atoms with E-state index in [4.69, 9.17) is 4.74 Å². The monoisotopic (exact) mass is 348 g/mol. The molecule has 1 unspecified atom stereocenters. The minimum absolute atomic E-state index is 0.0830. The number of nitro groups is 1. The molecular weight excluding hydrogens is 329 g/mol. The maximum absolute atomic E-state index is 13.2. The first-order valence-electron chi connectivity index (χ1n) is 7.57. The van der Waals surface area contributed by atoms with Gasteiger partial charge in [-0.15, -0.1) is 0 Å². The van der Waals surface area contributed by atoms with Gasteiger partial charge in [0.2, 0.25) is 0 Å². The number of methoxy groups -OCH3 is 1. The molecule has 7 nitrogen and oxygen atoms in total. The molecule has 0 bridgehead atoms. The van der Waals surface area contributed by atoms with E-state index in [0.29, 0.717) is 12.3 Å². The second-order valence-corrected chi connectivity index (χ2v) is 5.63. The van der Waals surface area contributed by atoms with E-state index >= 15 is 0 Å². The zero-order valence-corrected chi connectivity index (χ0v) is 13.9. The van der Waals surface area contributed by atoms with Crippen molar-refractivity contribution in [3.63, 3.8) is 0 Å². The van der Waals surface area contributed by atoms with Crippen LogP contribution in [0.25, 0.3) is 0 Å². The van der Waals surface area contributed by atoms with Crippen molar-refractivity contribution in [2.45, 2.75) is 6.54 Å². The highest BCUT2D eigenvalue weighted by Gasteiger charge is 2.19. The molecule has 2 N–H and O–H groups in total. The largest absolute Gasteiger partial charge is 0.496 e. The summed E-state index contributed by atoms with van der Waals surface area (Å²) in [5.74, 6) is -0.371. The predicted molar refractivity (Wildman–Crippen MR) is 90.1 cm³/mol. The van der Waals surface area contributed by atoms with Crippen molar-refractivity contribution in [3.05, 3.63) is 64.0 Å². The molecule has 25 heavy (non-hydrogen) atoms. The number of nitrogens with zero attached hydrogens (tertiary/aromatic N) is 1. The zero-order chi connectivity index (χ0) is 18.4. The first-order chi connectivity index (χ1) is 11.9. The number of hydrogen-bond acceptors (Lipinski definition) is 4. The lowest BCUT2D eigenvalue weighted by Crippen LogP contribution is -3.08. The quantitative estimate of drug-likeness (QED) is 0.585. The lowest BCUT2D eigenvalue weighted by Gasteiger charge is -2.14. The number of likely N-dealkylation sites (N-methyl/N-ethyl adjacent to an activating group) is 1. The second-order valence-electron chi connectivity index (χ2n) is 5.63. The zero-order valence-electron chi connectivity index (χ0n) is 13.9. The highest BCUT2D eigenvalue weighted by Crippen LogP contribution is 2.28. The molecule has 2 aromatic carbocycles. The van der Waals surface area contributed by atoms with Gasteiger partial charge in [-0.1, -0.05) is 12.1 Å². The smallest absolute Gasteiger partial charge is 0.296 e. The minimum atomic E-state index is -0.582. The number of ether oxygens (including phenoxy) is 1. The second kappa shape index (κ2) is 8.20. The fraction of sp³-hybridized carbons (Fsp3) is 0.235. The van der Waals surface area contributed by atoms with Crippen molar-refractivity contribution < 1.29 is 23.7 Å². The van der Waals surface area contributed by atoms with Gasteiger partial charge in [0.15, 0.2) is 6.54 Å². The minimum Gasteiger partial charge on any atom is -0.496 e. The molecule has 0 fully saturated rings. The lowest BCUT2D eigenvalue weighted by atomic mass is 10.2. The number of nitrogens with one attached hydrogen (secondary N) is 2. The van der Waals surface area contributed by atoms with Gasteiger partial charge in [-0.25, -0.2) is 4.39 Å². The Kier molecular flexibility index (Phi) is 6.02. The van der Waals surface area contributed by atoms with Crippen molar-refractivity contribution in [1.82, 2.24) is 0 Å². The van der Waals surface area contributed by atoms with Gasteiger partial charge in [-0.05, 0) is 24.3 Å². The number of carbonyl (C=O) groups excluding carboxylic acids is 1. The highest BCUT2D eigenvalue weighted by molar-refractivity contribution is 5.93. The van der Waals surface area contributed by atoms with Crippen molar-refractivity contribution in [3.8, 4) is 5.75 Å². The van der Waals surface area contributed by atoms with Gasteiger partial charge in [0.1, 0.15) is 23.8 Å². The van der Waals surface area contributed by atoms with E-state index in [-0.39, 0.29) is 29.6 Å². The molecule has 0 aliphatic carbocycles. The Hall–Kier alpha value is -3.00. The van der Waals surface area contributed by atoms with Gasteiger partial charge in [-0.3, -0.25) is 14.9 Å². The number of rotatable bonds is 7. The number of quaternary nitrogens is 1. The Morgan fingerprint density at radius 1 is 1.32 bits per heavy atom. The summed E-state index contributed by atoms with van der Waals surface area (Å²) in [6.07, 6.45) is 0. The predicted octanol–water partition coefficient (Wildman–Crippen LogP) is 1.40. The molecule has 0 aliphatic rings. The topological polar surface area (TPSA) is 85.9 Å². The average molecular weight is 348 g/mol. The third-order valence-electron chi connectivity index (χ3n) is 3.53. The Morgan fingerprint density at radius 2 is 2.08 bits per heavy atom. The van der Waals surface area contributed by atoms with Crippen LogP contribution in [0.1, 0.15) is 5.56 Å². The van der Waals surface area contributed by atoms with Crippen molar-refractivity contribution in [2.24, 2.45) is 0 Å². The molecule has 1 atom stereocenters. The van der Waals surface area contributed by atoms with Crippen LogP contribution in [0, 0.1) is 15.9 Å². The fourth-order valence-corrected chi connectivity index (χ4v) is 2.42. The van der Waals surface area contributed by atoms with E-state index in [1.165, 1.54) is 37.4 Å². The molecule has 1 amide bonds. The first kappa shape index (κ1) is 18.3. The van der Waals surface area contributed by atoms with Crippen LogP contribution < -0.4 is 15.0 Å². The molecular formula is C17H19FN3O4+. The maximum atomic E-state index is 13.2. The number of nitro benzene ring substituents is 1. The molecule has 0 saturated heterocycles. The number of amides is 1. The normalized spacial score (nSPS) is 11.6. The summed E-state index contributed by atoms with van der Waals surface area (Å²) in [5, 5.41) is 13.7. The molecule has 2 rings (SSSR count). The van der Waals surface area contributed by atoms with Crippen LogP contribution in [-0.2, 0) is 11.3 Å². The summed E-state index contributed by atoms with van der Waals surface area (Å²) in [7, 11) is 3.19. The van der Waals surface area contributed by atoms with Gasteiger partial charge < -0.3 is 15.0 Å². The lowest BCUT2D eigenvalue weighted by molar-refractivity contribution is -0.885. The molecule has 0 heterocycles. The van der Waals surface area contributed by atoms with Gasteiger partial charge in [-0.2, -0.15) is 0 Å². The molecule has 8 heteroatoms. The van der Waals surface area contributed by atoms with Crippen molar-refractivity contribution >= 4 is 17.3 Å². The van der Waals surface area contributed by atoms with E-state index in [9.17, 15) is 19.3 Å². The van der Waals surface area contributed by atoms with E-state index in [2.05, 4.69) is 5.32 Å². The number of hydrogen-bond donors (Lipinski definition) is 2. The van der Waals surface area contributed by atoms with Gasteiger partial charge in [0.05, 0.1) is 25.1 Å². The van der Waals surface area contributed by atoms with Gasteiger partial charge in [0, 0.05) is 5.56 Å². The molecule has 0 aliphatic heterocycles. The number of benzene rings is 2. The van der Waals surface area contributed by atoms with Gasteiger partial charge in [0.25, 0.3) is 11.6 Å². The molecule has 132 valence electrons. The van der Waals surface area contributed by atoms with Crippen molar-refractivity contribution in [2.75, 3.05) is 26.0 Å². The van der Waals surface area contributed by atoms with Crippen LogP contribution in [0.15, 0.2) is 42.5 Å². The van der Waals surface area contributed by atoms with E-state index < -0.39 is 4.92 Å². The molecule has 0 spiro atoms. The van der Waals surface area contributed by atoms with Crippen LogP contribution >= 0.6 is 0 Å². The number of carbonyl (C=O) groups is 1. The fourth-order valence-electron chi connectivity index (χ4n) is 2.42. The SMILES string of the molecule is COc1ccc(NC(=O)C[NH+](C)Cc2cccc(F)c2)c([N+](=O)[O-])c1. The maximum Gasteiger partial charge on any atom is 0.296 e. The first-order valence-corrected chi connectivity index (χ1v) is 7.57. The van der Waals surface area contributed by atoms with Crippen LogP contribution in [0.2, 0.25) is 0 Å².